The normalized spacial score (nSPS) is 11.9. The third kappa shape index (κ3) is 6.91. The second kappa shape index (κ2) is 10.6. The number of benzene rings is 2. The zero-order valence-corrected chi connectivity index (χ0v) is 19.7. The van der Waals surface area contributed by atoms with Gasteiger partial charge in [-0.05, 0) is 86.0 Å². The maximum absolute atomic E-state index is 12.0. The van der Waals surface area contributed by atoms with Gasteiger partial charge in [-0.3, -0.25) is 4.79 Å². The lowest BCUT2D eigenvalue weighted by Crippen LogP contribution is -2.26. The highest BCUT2D eigenvalue weighted by molar-refractivity contribution is 9.11. The van der Waals surface area contributed by atoms with E-state index in [2.05, 4.69) is 85.8 Å². The number of halogens is 2. The smallest absolute Gasteiger partial charge is 0.259 e. The summed E-state index contributed by atoms with van der Waals surface area (Å²) < 4.78 is 1.80. The van der Waals surface area contributed by atoms with Gasteiger partial charge in [-0.2, -0.15) is 5.10 Å². The van der Waals surface area contributed by atoms with Gasteiger partial charge in [0.15, 0.2) is 0 Å². The molecule has 0 atom stereocenters. The fourth-order valence-electron chi connectivity index (χ4n) is 2.56. The number of hydrogen-bond donors (Lipinski definition) is 2. The van der Waals surface area contributed by atoms with E-state index in [1.165, 1.54) is 5.56 Å². The average Bonchev–Trinajstić information content (AvgIpc) is 2.61. The Kier molecular flexibility index (Phi) is 8.45. The third-order valence-electron chi connectivity index (χ3n) is 4.07. The van der Waals surface area contributed by atoms with E-state index in [4.69, 9.17) is 0 Å². The predicted octanol–water partition coefficient (Wildman–Crippen LogP) is 6.26. The number of carbonyl (C=O) groups is 1. The highest BCUT2D eigenvalue weighted by Gasteiger charge is 2.07. The van der Waals surface area contributed by atoms with Crippen LogP contribution in [0.15, 0.2) is 56.0 Å². The summed E-state index contributed by atoms with van der Waals surface area (Å²) in [5.41, 5.74) is 7.88. The summed E-state index contributed by atoms with van der Waals surface area (Å²) in [4.78, 5) is 12.0. The van der Waals surface area contributed by atoms with Crippen LogP contribution in [0, 0.1) is 6.92 Å². The molecule has 0 radical (unpaired) electrons. The molecule has 0 spiro atoms. The fraction of sp³-hybridized carbons (Fsp3) is 0.273. The first-order chi connectivity index (χ1) is 13.3. The van der Waals surface area contributed by atoms with Gasteiger partial charge in [0, 0.05) is 8.95 Å². The number of carbonyl (C=O) groups excluding carboxylic acids is 1. The van der Waals surface area contributed by atoms with Crippen LogP contribution < -0.4 is 10.7 Å². The lowest BCUT2D eigenvalue weighted by Gasteiger charge is -2.11. The van der Waals surface area contributed by atoms with Crippen molar-refractivity contribution in [2.75, 3.05) is 11.9 Å². The van der Waals surface area contributed by atoms with E-state index in [0.29, 0.717) is 5.92 Å². The van der Waals surface area contributed by atoms with Crippen LogP contribution in [0.3, 0.4) is 0 Å². The van der Waals surface area contributed by atoms with Crippen molar-refractivity contribution >= 4 is 55.7 Å². The van der Waals surface area contributed by atoms with Gasteiger partial charge < -0.3 is 5.32 Å². The minimum absolute atomic E-state index is 0.122. The van der Waals surface area contributed by atoms with Crippen molar-refractivity contribution in [1.29, 1.82) is 0 Å². The molecule has 0 saturated carbocycles. The Morgan fingerprint density at radius 2 is 1.75 bits per heavy atom. The first-order valence-electron chi connectivity index (χ1n) is 9.06. The highest BCUT2D eigenvalue weighted by atomic mass is 79.9. The number of allylic oxidation sites excluding steroid dienone is 1. The van der Waals surface area contributed by atoms with Crippen LogP contribution in [0.5, 0.6) is 0 Å². The Hall–Kier alpha value is -1.92. The lowest BCUT2D eigenvalue weighted by molar-refractivity contribution is -0.119. The van der Waals surface area contributed by atoms with Crippen molar-refractivity contribution in [3.8, 4) is 0 Å². The predicted molar refractivity (Wildman–Crippen MR) is 126 cm³/mol. The minimum atomic E-state index is -0.218. The molecule has 0 fully saturated rings. The quantitative estimate of drug-likeness (QED) is 0.344. The summed E-state index contributed by atoms with van der Waals surface area (Å²) in [6, 6.07) is 12.4. The molecule has 0 saturated heterocycles. The van der Waals surface area contributed by atoms with Crippen LogP contribution in [0.1, 0.15) is 43.4 Å². The van der Waals surface area contributed by atoms with Gasteiger partial charge in [-0.15, -0.1) is 0 Å². The summed E-state index contributed by atoms with van der Waals surface area (Å²) in [6.07, 6.45) is 3.67. The second-order valence-corrected chi connectivity index (χ2v) is 8.67. The monoisotopic (exact) mass is 505 g/mol. The molecule has 2 aromatic carbocycles. The SMILES string of the molecule is CC(/C=N\NC(=O)CNc1c(Br)cc(C)cc1Br)=C/c1ccc(C(C)C)cc1. The van der Waals surface area contributed by atoms with Crippen molar-refractivity contribution < 1.29 is 4.79 Å². The van der Waals surface area contributed by atoms with Gasteiger partial charge in [0.25, 0.3) is 5.91 Å². The third-order valence-corrected chi connectivity index (χ3v) is 5.32. The first-order valence-corrected chi connectivity index (χ1v) is 10.6. The molecule has 0 heterocycles. The number of amides is 1. The zero-order chi connectivity index (χ0) is 20.7. The lowest BCUT2D eigenvalue weighted by atomic mass is 10.0. The minimum Gasteiger partial charge on any atom is -0.374 e. The molecule has 0 aliphatic rings. The Bertz CT molecular complexity index is 864. The molecule has 4 nitrogen and oxygen atoms in total. The Morgan fingerprint density at radius 3 is 2.32 bits per heavy atom. The molecule has 28 heavy (non-hydrogen) atoms. The van der Waals surface area contributed by atoms with E-state index in [-0.39, 0.29) is 12.5 Å². The van der Waals surface area contributed by atoms with E-state index in [1.807, 2.05) is 32.1 Å². The maximum Gasteiger partial charge on any atom is 0.259 e. The summed E-state index contributed by atoms with van der Waals surface area (Å²) in [5.74, 6) is 0.301. The van der Waals surface area contributed by atoms with Crippen molar-refractivity contribution in [2.24, 2.45) is 5.10 Å². The highest BCUT2D eigenvalue weighted by Crippen LogP contribution is 2.32. The largest absolute Gasteiger partial charge is 0.374 e. The van der Waals surface area contributed by atoms with Crippen molar-refractivity contribution in [2.45, 2.75) is 33.6 Å². The van der Waals surface area contributed by atoms with E-state index in [9.17, 15) is 4.79 Å². The second-order valence-electron chi connectivity index (χ2n) is 6.96. The number of rotatable bonds is 7. The number of hydrogen-bond acceptors (Lipinski definition) is 3. The van der Waals surface area contributed by atoms with Crippen molar-refractivity contribution in [3.63, 3.8) is 0 Å². The van der Waals surface area contributed by atoms with Gasteiger partial charge >= 0.3 is 0 Å². The maximum atomic E-state index is 12.0. The molecule has 0 aliphatic heterocycles. The van der Waals surface area contributed by atoms with Gasteiger partial charge in [0.2, 0.25) is 0 Å². The number of hydrazone groups is 1. The Balaban J connectivity index is 1.87. The van der Waals surface area contributed by atoms with Gasteiger partial charge in [-0.1, -0.05) is 44.2 Å². The molecular weight excluding hydrogens is 482 g/mol. The van der Waals surface area contributed by atoms with Gasteiger partial charge in [-0.25, -0.2) is 5.43 Å². The molecule has 0 unspecified atom stereocenters. The average molecular weight is 507 g/mol. The molecule has 1 amide bonds. The Morgan fingerprint density at radius 1 is 1.14 bits per heavy atom. The van der Waals surface area contributed by atoms with E-state index in [0.717, 1.165) is 31.3 Å². The molecule has 2 rings (SSSR count). The summed E-state index contributed by atoms with van der Waals surface area (Å²) in [6.45, 7) is 8.43. The topological polar surface area (TPSA) is 53.5 Å². The van der Waals surface area contributed by atoms with Crippen LogP contribution >= 0.6 is 31.9 Å². The molecule has 0 aliphatic carbocycles. The molecule has 2 aromatic rings. The first kappa shape index (κ1) is 22.4. The Labute approximate surface area is 183 Å². The van der Waals surface area contributed by atoms with Crippen LogP contribution in [0.4, 0.5) is 5.69 Å². The molecule has 6 heteroatoms. The number of nitrogens with one attached hydrogen (secondary N) is 2. The molecule has 0 aromatic heterocycles. The van der Waals surface area contributed by atoms with Crippen LogP contribution in [0.2, 0.25) is 0 Å². The zero-order valence-electron chi connectivity index (χ0n) is 16.5. The van der Waals surface area contributed by atoms with E-state index < -0.39 is 0 Å². The van der Waals surface area contributed by atoms with Crippen molar-refractivity contribution in [1.82, 2.24) is 5.43 Å². The van der Waals surface area contributed by atoms with E-state index in [1.54, 1.807) is 6.21 Å². The molecule has 2 N–H and O–H groups in total. The van der Waals surface area contributed by atoms with E-state index >= 15 is 0 Å². The molecule has 148 valence electrons. The summed E-state index contributed by atoms with van der Waals surface area (Å²) in [5, 5.41) is 7.13. The van der Waals surface area contributed by atoms with Crippen LogP contribution in [-0.2, 0) is 4.79 Å². The molecule has 0 bridgehead atoms. The summed E-state index contributed by atoms with van der Waals surface area (Å²) in [7, 11) is 0. The van der Waals surface area contributed by atoms with Crippen LogP contribution in [-0.4, -0.2) is 18.7 Å². The van der Waals surface area contributed by atoms with Gasteiger partial charge in [0.05, 0.1) is 18.4 Å². The number of aryl methyl sites for hydroxylation is 1. The number of anilines is 1. The summed E-state index contributed by atoms with van der Waals surface area (Å²) >= 11 is 7.00. The standard InChI is InChI=1S/C22H25Br2N3O/c1-14(2)18-7-5-17(6-8-18)9-16(4)12-26-27-21(28)13-25-22-19(23)10-15(3)11-20(22)24/h5-12,14,25H,13H2,1-4H3,(H,27,28)/b16-9-,26-12-. The fourth-order valence-corrected chi connectivity index (χ4v) is 4.26. The van der Waals surface area contributed by atoms with Crippen LogP contribution in [0.25, 0.3) is 6.08 Å². The molecular formula is C22H25Br2N3O. The number of nitrogens with zero attached hydrogens (tertiary/aromatic N) is 1. The van der Waals surface area contributed by atoms with Crippen molar-refractivity contribution in [3.05, 3.63) is 67.6 Å². The van der Waals surface area contributed by atoms with Gasteiger partial charge in [0.1, 0.15) is 0 Å².